The summed E-state index contributed by atoms with van der Waals surface area (Å²) in [5, 5.41) is 13.6. The van der Waals surface area contributed by atoms with Gasteiger partial charge in [0.15, 0.2) is 0 Å². The van der Waals surface area contributed by atoms with Crippen LogP contribution in [0.25, 0.3) is 0 Å². The van der Waals surface area contributed by atoms with E-state index in [1.54, 1.807) is 0 Å². The third-order valence-corrected chi connectivity index (χ3v) is 3.32. The van der Waals surface area contributed by atoms with E-state index in [1.807, 2.05) is 32.0 Å². The number of carbonyl (C=O) groups excluding carboxylic acids is 1. The van der Waals surface area contributed by atoms with Crippen LogP contribution in [0.15, 0.2) is 35.3 Å². The summed E-state index contributed by atoms with van der Waals surface area (Å²) in [6, 6.07) is 6.75. The normalized spacial score (nSPS) is 10.4. The molecule has 0 fully saturated rings. The fraction of sp³-hybridized carbons (Fsp3) is 0.250. The third kappa shape index (κ3) is 4.03. The number of rotatable bonds is 4. The predicted octanol–water partition coefficient (Wildman–Crippen LogP) is 2.32. The van der Waals surface area contributed by atoms with Crippen LogP contribution in [-0.2, 0) is 11.3 Å². The highest BCUT2D eigenvalue weighted by molar-refractivity contribution is 5.90. The monoisotopic (exact) mass is 315 g/mol. The Hall–Kier alpha value is -2.96. The van der Waals surface area contributed by atoms with Crippen molar-refractivity contribution < 1.29 is 9.72 Å². The summed E-state index contributed by atoms with van der Waals surface area (Å²) in [6.07, 6.45) is 1.10. The standard InChI is InChI=1S/C16H17N3O4/c1-10-4-11(2)6-13(5-10)17-15(20)9-18-8-14(19(22)23)12(3)7-16(18)21/h4-8H,9H2,1-3H3,(H,17,20). The minimum absolute atomic E-state index is 0.191. The summed E-state index contributed by atoms with van der Waals surface area (Å²) >= 11 is 0. The largest absolute Gasteiger partial charge is 0.325 e. The average molecular weight is 315 g/mol. The first-order valence-corrected chi connectivity index (χ1v) is 7.00. The molecule has 1 N–H and O–H groups in total. The zero-order valence-electron chi connectivity index (χ0n) is 13.1. The second kappa shape index (κ2) is 6.43. The van der Waals surface area contributed by atoms with Gasteiger partial charge in [0.2, 0.25) is 5.91 Å². The van der Waals surface area contributed by atoms with Crippen LogP contribution >= 0.6 is 0 Å². The highest BCUT2D eigenvalue weighted by Gasteiger charge is 2.15. The minimum atomic E-state index is -0.576. The molecule has 0 bridgehead atoms. The highest BCUT2D eigenvalue weighted by Crippen LogP contribution is 2.15. The molecule has 0 atom stereocenters. The van der Waals surface area contributed by atoms with Crippen LogP contribution in [-0.4, -0.2) is 15.4 Å². The molecule has 7 nitrogen and oxygen atoms in total. The zero-order valence-corrected chi connectivity index (χ0v) is 13.1. The number of nitro groups is 1. The van der Waals surface area contributed by atoms with Crippen LogP contribution in [0.1, 0.15) is 16.7 Å². The predicted molar refractivity (Wildman–Crippen MR) is 86.6 cm³/mol. The zero-order chi connectivity index (χ0) is 17.1. The third-order valence-electron chi connectivity index (χ3n) is 3.32. The maximum absolute atomic E-state index is 12.1. The molecule has 1 aromatic heterocycles. The molecule has 0 aliphatic carbocycles. The van der Waals surface area contributed by atoms with Crippen LogP contribution in [0.3, 0.4) is 0 Å². The number of benzene rings is 1. The quantitative estimate of drug-likeness (QED) is 0.692. The van der Waals surface area contributed by atoms with E-state index < -0.39 is 16.4 Å². The Morgan fingerprint density at radius 1 is 1.17 bits per heavy atom. The maximum Gasteiger partial charge on any atom is 0.288 e. The van der Waals surface area contributed by atoms with E-state index in [2.05, 4.69) is 5.32 Å². The Morgan fingerprint density at radius 3 is 2.35 bits per heavy atom. The molecule has 23 heavy (non-hydrogen) atoms. The lowest BCUT2D eigenvalue weighted by Crippen LogP contribution is -2.27. The number of hydrogen-bond donors (Lipinski definition) is 1. The smallest absolute Gasteiger partial charge is 0.288 e. The Balaban J connectivity index is 2.22. The van der Waals surface area contributed by atoms with Crippen LogP contribution < -0.4 is 10.9 Å². The van der Waals surface area contributed by atoms with Crippen molar-refractivity contribution >= 4 is 17.3 Å². The number of pyridine rings is 1. The number of aromatic nitrogens is 1. The molecule has 0 spiro atoms. The van der Waals surface area contributed by atoms with Crippen molar-refractivity contribution in [2.75, 3.05) is 5.32 Å². The van der Waals surface area contributed by atoms with E-state index in [0.29, 0.717) is 5.69 Å². The van der Waals surface area contributed by atoms with Crippen LogP contribution in [0.5, 0.6) is 0 Å². The van der Waals surface area contributed by atoms with Gasteiger partial charge in [0, 0.05) is 17.3 Å². The molecule has 0 aliphatic heterocycles. The van der Waals surface area contributed by atoms with Gasteiger partial charge in [0.25, 0.3) is 11.2 Å². The molecule has 0 aliphatic rings. The van der Waals surface area contributed by atoms with Gasteiger partial charge >= 0.3 is 0 Å². The van der Waals surface area contributed by atoms with Crippen LogP contribution in [0.2, 0.25) is 0 Å². The van der Waals surface area contributed by atoms with Crippen molar-refractivity contribution in [1.82, 2.24) is 4.57 Å². The molecule has 1 heterocycles. The minimum Gasteiger partial charge on any atom is -0.325 e. The van der Waals surface area contributed by atoms with Gasteiger partial charge in [-0.05, 0) is 44.0 Å². The summed E-state index contributed by atoms with van der Waals surface area (Å²) in [5.41, 5.74) is 2.26. The number of carbonyl (C=O) groups is 1. The van der Waals surface area contributed by atoms with E-state index in [-0.39, 0.29) is 17.8 Å². The van der Waals surface area contributed by atoms with Crippen molar-refractivity contribution in [3.05, 3.63) is 67.6 Å². The Morgan fingerprint density at radius 2 is 1.78 bits per heavy atom. The SMILES string of the molecule is Cc1cc(C)cc(NC(=O)Cn2cc([N+](=O)[O-])c(C)cc2=O)c1. The fourth-order valence-electron chi connectivity index (χ4n) is 2.37. The molecule has 2 aromatic rings. The Kier molecular flexibility index (Phi) is 4.59. The van der Waals surface area contributed by atoms with Gasteiger partial charge in [-0.2, -0.15) is 0 Å². The second-order valence-electron chi connectivity index (χ2n) is 5.49. The van der Waals surface area contributed by atoms with Gasteiger partial charge in [-0.15, -0.1) is 0 Å². The molecule has 7 heteroatoms. The summed E-state index contributed by atoms with van der Waals surface area (Å²) in [4.78, 5) is 34.3. The van der Waals surface area contributed by atoms with Crippen LogP contribution in [0, 0.1) is 30.9 Å². The molecule has 1 aromatic carbocycles. The van der Waals surface area contributed by atoms with Crippen molar-refractivity contribution in [2.45, 2.75) is 27.3 Å². The number of nitrogens with one attached hydrogen (secondary N) is 1. The average Bonchev–Trinajstić information content (AvgIpc) is 2.40. The first-order valence-electron chi connectivity index (χ1n) is 7.00. The molecule has 120 valence electrons. The maximum atomic E-state index is 12.1. The summed E-state index contributed by atoms with van der Waals surface area (Å²) in [7, 11) is 0. The molecule has 1 amide bonds. The number of hydrogen-bond acceptors (Lipinski definition) is 4. The molecule has 0 saturated carbocycles. The highest BCUT2D eigenvalue weighted by atomic mass is 16.6. The lowest BCUT2D eigenvalue weighted by molar-refractivity contribution is -0.385. The molecule has 0 unspecified atom stereocenters. The van der Waals surface area contributed by atoms with Gasteiger partial charge in [0.05, 0.1) is 11.1 Å². The first kappa shape index (κ1) is 16.4. The van der Waals surface area contributed by atoms with Gasteiger partial charge < -0.3 is 5.32 Å². The number of nitrogens with zero attached hydrogens (tertiary/aromatic N) is 2. The summed E-state index contributed by atoms with van der Waals surface area (Å²) < 4.78 is 1.03. The van der Waals surface area contributed by atoms with E-state index in [0.717, 1.165) is 28.0 Å². The summed E-state index contributed by atoms with van der Waals surface area (Å²) in [5.74, 6) is -0.421. The molecule has 0 saturated heterocycles. The summed E-state index contributed by atoms with van der Waals surface area (Å²) in [6.45, 7) is 5.03. The van der Waals surface area contributed by atoms with Gasteiger partial charge in [0.1, 0.15) is 6.54 Å². The van der Waals surface area contributed by atoms with E-state index in [4.69, 9.17) is 0 Å². The van der Waals surface area contributed by atoms with Gasteiger partial charge in [-0.25, -0.2) is 0 Å². The molecular formula is C16H17N3O4. The van der Waals surface area contributed by atoms with E-state index >= 15 is 0 Å². The van der Waals surface area contributed by atoms with E-state index in [1.165, 1.54) is 6.92 Å². The topological polar surface area (TPSA) is 94.2 Å². The first-order chi connectivity index (χ1) is 10.8. The molecular weight excluding hydrogens is 298 g/mol. The lowest BCUT2D eigenvalue weighted by atomic mass is 10.1. The molecule has 0 radical (unpaired) electrons. The Labute approximate surface area is 132 Å². The lowest BCUT2D eigenvalue weighted by Gasteiger charge is -2.09. The second-order valence-corrected chi connectivity index (χ2v) is 5.49. The van der Waals surface area contributed by atoms with Crippen LogP contribution in [0.4, 0.5) is 11.4 Å². The van der Waals surface area contributed by atoms with Crippen molar-refractivity contribution in [3.8, 4) is 0 Å². The van der Waals surface area contributed by atoms with Gasteiger partial charge in [-0.1, -0.05) is 6.07 Å². The number of amides is 1. The number of anilines is 1. The fourth-order valence-corrected chi connectivity index (χ4v) is 2.37. The molecule has 2 rings (SSSR count). The van der Waals surface area contributed by atoms with Crippen molar-refractivity contribution in [1.29, 1.82) is 0 Å². The van der Waals surface area contributed by atoms with Crippen molar-refractivity contribution in [3.63, 3.8) is 0 Å². The van der Waals surface area contributed by atoms with Crippen molar-refractivity contribution in [2.24, 2.45) is 0 Å². The number of aryl methyl sites for hydroxylation is 3. The Bertz CT molecular complexity index is 819. The van der Waals surface area contributed by atoms with Gasteiger partial charge in [-0.3, -0.25) is 24.3 Å². The van der Waals surface area contributed by atoms with E-state index in [9.17, 15) is 19.7 Å².